The molecule has 3 N–H and O–H groups in total. The Labute approximate surface area is 180 Å². The van der Waals surface area contributed by atoms with Crippen molar-refractivity contribution in [3.8, 4) is 0 Å². The minimum atomic E-state index is -4.62. The quantitative estimate of drug-likeness (QED) is 0.431. The summed E-state index contributed by atoms with van der Waals surface area (Å²) in [6.07, 6.45) is -3.16. The first-order valence-electron chi connectivity index (χ1n) is 8.86. The number of nitrogens with zero attached hydrogens (tertiary/aromatic N) is 1. The molecule has 10 heteroatoms. The van der Waals surface area contributed by atoms with Gasteiger partial charge < -0.3 is 16.0 Å². The van der Waals surface area contributed by atoms with Gasteiger partial charge in [0, 0.05) is 30.4 Å². The number of anilines is 2. The van der Waals surface area contributed by atoms with Crippen LogP contribution in [0.15, 0.2) is 42.6 Å². The first-order chi connectivity index (χ1) is 14.2. The van der Waals surface area contributed by atoms with Crippen molar-refractivity contribution in [1.29, 1.82) is 0 Å². The lowest BCUT2D eigenvalue weighted by molar-refractivity contribution is -0.137. The molecular weight excluding hydrogens is 440 g/mol. The van der Waals surface area contributed by atoms with Crippen molar-refractivity contribution in [2.45, 2.75) is 6.18 Å². The van der Waals surface area contributed by atoms with Gasteiger partial charge in [-0.15, -0.1) is 0 Å². The molecule has 0 atom stereocenters. The van der Waals surface area contributed by atoms with E-state index < -0.39 is 17.6 Å². The number of rotatable bonds is 6. The molecule has 0 aliphatic carbocycles. The number of likely N-dealkylation sites (N-methyl/N-ethyl adjacent to an activating group) is 1. The standard InChI is InChI=1S/C20H17Cl2F3N4O/c1-26-7-8-27-15-5-6-28-18-12(15)9-11(20(23,24)25)10-16(18)29-19(30)17-13(21)3-2-4-14(17)22/h2-6,9-10,26H,7-8H2,1H3,(H,27,28)(H,29,30). The smallest absolute Gasteiger partial charge is 0.383 e. The highest BCUT2D eigenvalue weighted by Crippen LogP contribution is 2.37. The van der Waals surface area contributed by atoms with E-state index in [-0.39, 0.29) is 32.2 Å². The average Bonchev–Trinajstić information content (AvgIpc) is 2.67. The molecule has 158 valence electrons. The molecule has 2 aromatic carbocycles. The van der Waals surface area contributed by atoms with E-state index in [0.29, 0.717) is 18.8 Å². The number of nitrogens with one attached hydrogen (secondary N) is 3. The van der Waals surface area contributed by atoms with Crippen LogP contribution in [0.25, 0.3) is 10.9 Å². The molecule has 3 rings (SSSR count). The zero-order valence-corrected chi connectivity index (χ0v) is 17.2. The summed E-state index contributed by atoms with van der Waals surface area (Å²) in [7, 11) is 1.77. The van der Waals surface area contributed by atoms with Crippen molar-refractivity contribution in [3.05, 3.63) is 63.8 Å². The molecule has 0 aliphatic heterocycles. The third kappa shape index (κ3) is 4.77. The van der Waals surface area contributed by atoms with E-state index in [1.807, 2.05) is 0 Å². The van der Waals surface area contributed by atoms with E-state index in [0.717, 1.165) is 12.1 Å². The molecule has 3 aromatic rings. The van der Waals surface area contributed by atoms with Crippen LogP contribution in [-0.2, 0) is 6.18 Å². The van der Waals surface area contributed by atoms with Crippen molar-refractivity contribution in [2.24, 2.45) is 0 Å². The zero-order valence-electron chi connectivity index (χ0n) is 15.7. The van der Waals surface area contributed by atoms with Crippen LogP contribution in [0.4, 0.5) is 24.5 Å². The SMILES string of the molecule is CNCCNc1ccnc2c(NC(=O)c3c(Cl)cccc3Cl)cc(C(F)(F)F)cc12. The lowest BCUT2D eigenvalue weighted by Gasteiger charge is -2.16. The molecule has 1 heterocycles. The van der Waals surface area contributed by atoms with Crippen LogP contribution >= 0.6 is 23.2 Å². The van der Waals surface area contributed by atoms with Crippen LogP contribution in [0.3, 0.4) is 0 Å². The highest BCUT2D eigenvalue weighted by Gasteiger charge is 2.32. The molecule has 1 amide bonds. The number of carbonyl (C=O) groups is 1. The van der Waals surface area contributed by atoms with Gasteiger partial charge >= 0.3 is 6.18 Å². The average molecular weight is 457 g/mol. The molecule has 0 aliphatic rings. The van der Waals surface area contributed by atoms with E-state index in [1.165, 1.54) is 18.3 Å². The fourth-order valence-corrected chi connectivity index (χ4v) is 3.46. The largest absolute Gasteiger partial charge is 0.416 e. The second-order valence-electron chi connectivity index (χ2n) is 6.36. The van der Waals surface area contributed by atoms with Crippen LogP contribution in [0.5, 0.6) is 0 Å². The normalized spacial score (nSPS) is 11.5. The van der Waals surface area contributed by atoms with Crippen molar-refractivity contribution >= 4 is 51.4 Å². The topological polar surface area (TPSA) is 66.1 Å². The highest BCUT2D eigenvalue weighted by atomic mass is 35.5. The summed E-state index contributed by atoms with van der Waals surface area (Å²) >= 11 is 12.1. The van der Waals surface area contributed by atoms with Gasteiger partial charge in [0.15, 0.2) is 0 Å². The molecule has 0 fully saturated rings. The van der Waals surface area contributed by atoms with Crippen LogP contribution in [0.1, 0.15) is 15.9 Å². The summed E-state index contributed by atoms with van der Waals surface area (Å²) in [5.41, 5.74) is -0.380. The summed E-state index contributed by atoms with van der Waals surface area (Å²) in [5, 5.41) is 8.89. The Kier molecular flexibility index (Phi) is 6.70. The Morgan fingerprint density at radius 3 is 2.40 bits per heavy atom. The summed E-state index contributed by atoms with van der Waals surface area (Å²) < 4.78 is 40.6. The van der Waals surface area contributed by atoms with Gasteiger partial charge in [-0.3, -0.25) is 9.78 Å². The molecule has 0 spiro atoms. The Morgan fingerprint density at radius 2 is 1.77 bits per heavy atom. The van der Waals surface area contributed by atoms with Crippen molar-refractivity contribution in [1.82, 2.24) is 10.3 Å². The third-order valence-electron chi connectivity index (χ3n) is 4.30. The van der Waals surface area contributed by atoms with Gasteiger partial charge in [0.05, 0.1) is 32.4 Å². The summed E-state index contributed by atoms with van der Waals surface area (Å²) in [5.74, 6) is -0.735. The minimum absolute atomic E-state index is 0.0327. The Hall–Kier alpha value is -2.55. The molecule has 5 nitrogen and oxygen atoms in total. The number of hydrogen-bond donors (Lipinski definition) is 3. The maximum absolute atomic E-state index is 13.5. The number of aromatic nitrogens is 1. The second kappa shape index (κ2) is 9.07. The molecule has 0 unspecified atom stereocenters. The fraction of sp³-hybridized carbons (Fsp3) is 0.200. The second-order valence-corrected chi connectivity index (χ2v) is 7.17. The molecule has 1 aromatic heterocycles. The number of pyridine rings is 1. The zero-order chi connectivity index (χ0) is 21.9. The molecule has 30 heavy (non-hydrogen) atoms. The van der Waals surface area contributed by atoms with Gasteiger partial charge in [0.2, 0.25) is 0 Å². The fourth-order valence-electron chi connectivity index (χ4n) is 2.89. The van der Waals surface area contributed by atoms with Gasteiger partial charge in [-0.05, 0) is 37.4 Å². The maximum Gasteiger partial charge on any atom is 0.416 e. The number of carbonyl (C=O) groups excluding carboxylic acids is 1. The number of halogens is 5. The first-order valence-corrected chi connectivity index (χ1v) is 9.61. The third-order valence-corrected chi connectivity index (χ3v) is 4.93. The van der Waals surface area contributed by atoms with Gasteiger partial charge in [0.25, 0.3) is 5.91 Å². The van der Waals surface area contributed by atoms with Crippen molar-refractivity contribution in [3.63, 3.8) is 0 Å². The molecule has 0 saturated heterocycles. The van der Waals surface area contributed by atoms with E-state index in [2.05, 4.69) is 20.9 Å². The molecule has 0 bridgehead atoms. The van der Waals surface area contributed by atoms with E-state index in [9.17, 15) is 18.0 Å². The van der Waals surface area contributed by atoms with E-state index >= 15 is 0 Å². The van der Waals surface area contributed by atoms with Crippen LogP contribution in [0.2, 0.25) is 10.0 Å². The van der Waals surface area contributed by atoms with E-state index in [1.54, 1.807) is 19.2 Å². The summed E-state index contributed by atoms with van der Waals surface area (Å²) in [6.45, 7) is 1.10. The molecule has 0 saturated carbocycles. The van der Waals surface area contributed by atoms with Gasteiger partial charge in [-0.1, -0.05) is 29.3 Å². The Morgan fingerprint density at radius 1 is 1.07 bits per heavy atom. The van der Waals surface area contributed by atoms with Crippen molar-refractivity contribution < 1.29 is 18.0 Å². The lowest BCUT2D eigenvalue weighted by Crippen LogP contribution is -2.18. The van der Waals surface area contributed by atoms with Gasteiger partial charge in [-0.2, -0.15) is 13.2 Å². The highest BCUT2D eigenvalue weighted by molar-refractivity contribution is 6.40. The van der Waals surface area contributed by atoms with Gasteiger partial charge in [0.1, 0.15) is 0 Å². The van der Waals surface area contributed by atoms with Crippen LogP contribution in [0, 0.1) is 0 Å². The van der Waals surface area contributed by atoms with Crippen LogP contribution < -0.4 is 16.0 Å². The Balaban J connectivity index is 2.11. The molecule has 0 radical (unpaired) electrons. The predicted molar refractivity (Wildman–Crippen MR) is 114 cm³/mol. The Bertz CT molecular complexity index is 1070. The predicted octanol–water partition coefficient (Wildman–Crippen LogP) is 5.44. The number of fused-ring (bicyclic) bond motifs is 1. The number of amides is 1. The summed E-state index contributed by atoms with van der Waals surface area (Å²) in [6, 6.07) is 7.92. The number of alkyl halides is 3. The van der Waals surface area contributed by atoms with Gasteiger partial charge in [-0.25, -0.2) is 0 Å². The lowest BCUT2D eigenvalue weighted by atomic mass is 10.1. The maximum atomic E-state index is 13.5. The van der Waals surface area contributed by atoms with Crippen LogP contribution in [-0.4, -0.2) is 31.0 Å². The minimum Gasteiger partial charge on any atom is -0.383 e. The molecular formula is C20H17Cl2F3N4O. The van der Waals surface area contributed by atoms with E-state index in [4.69, 9.17) is 23.2 Å². The number of hydrogen-bond acceptors (Lipinski definition) is 4. The number of benzene rings is 2. The first kappa shape index (κ1) is 22.1. The summed E-state index contributed by atoms with van der Waals surface area (Å²) in [4.78, 5) is 16.9. The van der Waals surface area contributed by atoms with Crippen molar-refractivity contribution in [2.75, 3.05) is 30.8 Å². The monoisotopic (exact) mass is 456 g/mol.